The van der Waals surface area contributed by atoms with Gasteiger partial charge in [0.2, 0.25) is 10.0 Å². The molecule has 0 N–H and O–H groups in total. The van der Waals surface area contributed by atoms with Crippen LogP contribution in [0.5, 0.6) is 0 Å². The van der Waals surface area contributed by atoms with Gasteiger partial charge in [-0.25, -0.2) is 18.1 Å². The number of nitro benzene ring substituents is 1. The first kappa shape index (κ1) is 18.0. The number of piperidine rings is 1. The van der Waals surface area contributed by atoms with E-state index in [1.54, 1.807) is 6.07 Å². The third-order valence-electron chi connectivity index (χ3n) is 4.24. The van der Waals surface area contributed by atoms with Crippen LogP contribution >= 0.6 is 0 Å². The van der Waals surface area contributed by atoms with E-state index in [-0.39, 0.29) is 22.3 Å². The maximum atomic E-state index is 12.8. The summed E-state index contributed by atoms with van der Waals surface area (Å²) in [5, 5.41) is 24.0. The summed E-state index contributed by atoms with van der Waals surface area (Å²) in [6, 6.07) is 5.37. The second-order valence-corrected chi connectivity index (χ2v) is 8.08. The van der Waals surface area contributed by atoms with Gasteiger partial charge in [0.25, 0.3) is 11.5 Å². The lowest BCUT2D eigenvalue weighted by Crippen LogP contribution is -2.39. The van der Waals surface area contributed by atoms with Crippen LogP contribution in [0.4, 0.5) is 5.69 Å². The highest BCUT2D eigenvalue weighted by atomic mass is 32.2. The zero-order valence-electron chi connectivity index (χ0n) is 13.9. The Balaban J connectivity index is 2.03. The van der Waals surface area contributed by atoms with Crippen molar-refractivity contribution in [1.82, 2.24) is 19.1 Å². The molecule has 1 unspecified atom stereocenters. The molecule has 0 radical (unpaired) electrons. The molecular formula is C15H16N6O4S. The van der Waals surface area contributed by atoms with Gasteiger partial charge >= 0.3 is 0 Å². The first-order chi connectivity index (χ1) is 12.3. The van der Waals surface area contributed by atoms with Gasteiger partial charge in [0, 0.05) is 19.2 Å². The van der Waals surface area contributed by atoms with E-state index in [0.29, 0.717) is 13.1 Å². The molecule has 0 amide bonds. The molecule has 26 heavy (non-hydrogen) atoms. The van der Waals surface area contributed by atoms with E-state index in [1.165, 1.54) is 22.8 Å². The topological polar surface area (TPSA) is 135 Å². The van der Waals surface area contributed by atoms with Gasteiger partial charge in [-0.1, -0.05) is 6.92 Å². The molecule has 1 aromatic heterocycles. The Kier molecular flexibility index (Phi) is 4.71. The lowest BCUT2D eigenvalue weighted by atomic mass is 10.0. The second kappa shape index (κ2) is 6.81. The van der Waals surface area contributed by atoms with Crippen LogP contribution in [0.3, 0.4) is 0 Å². The normalized spacial score (nSPS) is 18.4. The first-order valence-corrected chi connectivity index (χ1v) is 9.37. The summed E-state index contributed by atoms with van der Waals surface area (Å²) in [6.45, 7) is 2.77. The third kappa shape index (κ3) is 3.29. The van der Waals surface area contributed by atoms with Crippen LogP contribution in [0.1, 0.15) is 25.6 Å². The number of aromatic nitrogens is 3. The van der Waals surface area contributed by atoms with Crippen LogP contribution in [-0.4, -0.2) is 45.5 Å². The van der Waals surface area contributed by atoms with Gasteiger partial charge < -0.3 is 0 Å². The summed E-state index contributed by atoms with van der Waals surface area (Å²) in [7, 11) is -3.82. The molecule has 1 atom stereocenters. The Hall–Kier alpha value is -2.84. The SMILES string of the molecule is CC1CCCN(S(=O)(=O)c2ccc(-n3cnc(C#N)n3)c([N+](=O)[O-])c2)C1. The van der Waals surface area contributed by atoms with E-state index < -0.39 is 20.6 Å². The standard InChI is InChI=1S/C15H16N6O4S/c1-11-3-2-6-19(9-11)26(24,25)12-4-5-13(14(7-12)21(22)23)20-10-17-15(8-16)18-20/h4-5,7,10-11H,2-3,6,9H2,1H3. The highest BCUT2D eigenvalue weighted by Crippen LogP contribution is 2.29. The third-order valence-corrected chi connectivity index (χ3v) is 6.10. The zero-order chi connectivity index (χ0) is 18.9. The number of nitriles is 1. The van der Waals surface area contributed by atoms with Crippen molar-refractivity contribution < 1.29 is 13.3 Å². The van der Waals surface area contributed by atoms with Crippen molar-refractivity contribution in [2.45, 2.75) is 24.7 Å². The predicted octanol–water partition coefficient (Wildman–Crippen LogP) is 1.47. The minimum Gasteiger partial charge on any atom is -0.258 e. The van der Waals surface area contributed by atoms with E-state index in [4.69, 9.17) is 5.26 Å². The summed E-state index contributed by atoms with van der Waals surface area (Å²) in [5.41, 5.74) is -0.388. The van der Waals surface area contributed by atoms with Crippen LogP contribution in [-0.2, 0) is 10.0 Å². The molecule has 0 spiro atoms. The average molecular weight is 376 g/mol. The van der Waals surface area contributed by atoms with Gasteiger partial charge in [0.05, 0.1) is 9.82 Å². The lowest BCUT2D eigenvalue weighted by molar-refractivity contribution is -0.384. The molecule has 0 aliphatic carbocycles. The molecule has 1 aliphatic rings. The number of hydrogen-bond acceptors (Lipinski definition) is 7. The number of rotatable bonds is 4. The fourth-order valence-corrected chi connectivity index (χ4v) is 4.57. The van der Waals surface area contributed by atoms with Crippen molar-refractivity contribution in [2.75, 3.05) is 13.1 Å². The van der Waals surface area contributed by atoms with Crippen molar-refractivity contribution in [3.63, 3.8) is 0 Å². The van der Waals surface area contributed by atoms with Crippen LogP contribution in [0.15, 0.2) is 29.4 Å². The molecular weight excluding hydrogens is 360 g/mol. The Bertz CT molecular complexity index is 994. The van der Waals surface area contributed by atoms with Crippen LogP contribution in [0.2, 0.25) is 0 Å². The van der Waals surface area contributed by atoms with Gasteiger partial charge in [0.15, 0.2) is 0 Å². The van der Waals surface area contributed by atoms with Crippen molar-refractivity contribution >= 4 is 15.7 Å². The zero-order valence-corrected chi connectivity index (χ0v) is 14.8. The number of nitro groups is 1. The monoisotopic (exact) mass is 376 g/mol. The van der Waals surface area contributed by atoms with Crippen molar-refractivity contribution in [2.24, 2.45) is 5.92 Å². The lowest BCUT2D eigenvalue weighted by Gasteiger charge is -2.30. The van der Waals surface area contributed by atoms with Crippen molar-refractivity contribution in [1.29, 1.82) is 5.26 Å². The average Bonchev–Trinajstić information content (AvgIpc) is 3.10. The molecule has 1 saturated heterocycles. The fourth-order valence-electron chi connectivity index (χ4n) is 2.95. The first-order valence-electron chi connectivity index (χ1n) is 7.93. The molecule has 0 saturated carbocycles. The van der Waals surface area contributed by atoms with Gasteiger partial charge in [0.1, 0.15) is 18.1 Å². The molecule has 2 heterocycles. The molecule has 0 bridgehead atoms. The van der Waals surface area contributed by atoms with E-state index in [2.05, 4.69) is 10.1 Å². The van der Waals surface area contributed by atoms with Crippen molar-refractivity contribution in [3.05, 3.63) is 40.5 Å². The Morgan fingerprint density at radius 3 is 2.81 bits per heavy atom. The highest BCUT2D eigenvalue weighted by molar-refractivity contribution is 7.89. The quantitative estimate of drug-likeness (QED) is 0.582. The minimum absolute atomic E-state index is 0.0370. The Labute approximate surface area is 149 Å². The molecule has 1 fully saturated rings. The van der Waals surface area contributed by atoms with Gasteiger partial charge in [-0.3, -0.25) is 10.1 Å². The summed E-state index contributed by atoms with van der Waals surface area (Å²) in [5.74, 6) is 0.102. The molecule has 11 heteroatoms. The highest BCUT2D eigenvalue weighted by Gasteiger charge is 2.31. The van der Waals surface area contributed by atoms with Gasteiger partial charge in [-0.05, 0) is 30.9 Å². The maximum absolute atomic E-state index is 12.8. The number of hydrogen-bond donors (Lipinski definition) is 0. The number of nitrogens with zero attached hydrogens (tertiary/aromatic N) is 6. The van der Waals surface area contributed by atoms with E-state index in [1.807, 2.05) is 6.92 Å². The number of benzene rings is 1. The van der Waals surface area contributed by atoms with Crippen molar-refractivity contribution in [3.8, 4) is 11.8 Å². The summed E-state index contributed by atoms with van der Waals surface area (Å²) in [6.07, 6.45) is 2.89. The molecule has 1 aliphatic heterocycles. The Morgan fingerprint density at radius 1 is 1.42 bits per heavy atom. The van der Waals surface area contributed by atoms with Crippen LogP contribution in [0.25, 0.3) is 5.69 Å². The van der Waals surface area contributed by atoms with E-state index in [9.17, 15) is 18.5 Å². The Morgan fingerprint density at radius 2 is 2.19 bits per heavy atom. The predicted molar refractivity (Wildman–Crippen MR) is 89.9 cm³/mol. The van der Waals surface area contributed by atoms with E-state index in [0.717, 1.165) is 23.6 Å². The molecule has 136 valence electrons. The fraction of sp³-hybridized carbons (Fsp3) is 0.400. The van der Waals surface area contributed by atoms with Crippen LogP contribution < -0.4 is 0 Å². The maximum Gasteiger partial charge on any atom is 0.296 e. The van der Waals surface area contributed by atoms with E-state index >= 15 is 0 Å². The summed E-state index contributed by atoms with van der Waals surface area (Å²) < 4.78 is 28.1. The van der Waals surface area contributed by atoms with Gasteiger partial charge in [-0.15, -0.1) is 5.10 Å². The molecule has 3 rings (SSSR count). The molecule has 10 nitrogen and oxygen atoms in total. The largest absolute Gasteiger partial charge is 0.296 e. The van der Waals surface area contributed by atoms with Crippen LogP contribution in [0, 0.1) is 27.4 Å². The molecule has 2 aromatic rings. The van der Waals surface area contributed by atoms with Gasteiger partial charge in [-0.2, -0.15) is 9.57 Å². The minimum atomic E-state index is -3.82. The second-order valence-electron chi connectivity index (χ2n) is 6.14. The summed E-state index contributed by atoms with van der Waals surface area (Å²) in [4.78, 5) is 14.3. The smallest absolute Gasteiger partial charge is 0.258 e. The molecule has 1 aromatic carbocycles. The summed E-state index contributed by atoms with van der Waals surface area (Å²) >= 11 is 0. The number of sulfonamides is 1.